The molecule has 0 saturated carbocycles. The lowest BCUT2D eigenvalue weighted by atomic mass is 9.93. The van der Waals surface area contributed by atoms with Crippen LogP contribution < -0.4 is 4.90 Å². The summed E-state index contributed by atoms with van der Waals surface area (Å²) in [7, 11) is 0. The van der Waals surface area contributed by atoms with Crippen molar-refractivity contribution in [2.24, 2.45) is 0 Å². The molecule has 11 rings (SSSR count). The summed E-state index contributed by atoms with van der Waals surface area (Å²) in [6.07, 6.45) is 0. The van der Waals surface area contributed by atoms with Gasteiger partial charge in [0.25, 0.3) is 0 Å². The summed E-state index contributed by atoms with van der Waals surface area (Å²) in [5.41, 5.74) is 18.6. The predicted octanol–water partition coefficient (Wildman–Crippen LogP) is 16.6. The number of hydrogen-bond donors (Lipinski definition) is 0. The van der Waals surface area contributed by atoms with Gasteiger partial charge in [-0.3, -0.25) is 0 Å². The monoisotopic (exact) mass is 790 g/mol. The van der Waals surface area contributed by atoms with E-state index in [1.54, 1.807) is 0 Å². The van der Waals surface area contributed by atoms with Crippen LogP contribution in [-0.2, 0) is 0 Å². The number of nitrogens with zero attached hydrogens (tertiary/aromatic N) is 2. The molecule has 10 aromatic carbocycles. The van der Waals surface area contributed by atoms with Gasteiger partial charge in [-0.2, -0.15) is 0 Å². The van der Waals surface area contributed by atoms with Crippen molar-refractivity contribution >= 4 is 38.9 Å². The molecule has 1 aromatic heterocycles. The number of rotatable bonds is 9. The molecule has 0 radical (unpaired) electrons. The highest BCUT2D eigenvalue weighted by Gasteiger charge is 2.22. The van der Waals surface area contributed by atoms with Gasteiger partial charge in [-0.15, -0.1) is 0 Å². The summed E-state index contributed by atoms with van der Waals surface area (Å²) in [6.45, 7) is 0. The maximum Gasteiger partial charge on any atom is 0.0562 e. The third-order valence-corrected chi connectivity index (χ3v) is 12.0. The third-order valence-electron chi connectivity index (χ3n) is 12.0. The van der Waals surface area contributed by atoms with Crippen LogP contribution in [0.2, 0.25) is 0 Å². The largest absolute Gasteiger partial charge is 0.310 e. The number of aromatic nitrogens is 1. The van der Waals surface area contributed by atoms with E-state index in [1.165, 1.54) is 66.4 Å². The van der Waals surface area contributed by atoms with Gasteiger partial charge in [0, 0.05) is 33.3 Å². The lowest BCUT2D eigenvalue weighted by Gasteiger charge is -2.29. The molecular weight excluding hydrogens is 749 g/mol. The van der Waals surface area contributed by atoms with Gasteiger partial charge in [-0.25, -0.2) is 0 Å². The quantitative estimate of drug-likeness (QED) is 0.141. The van der Waals surface area contributed by atoms with Gasteiger partial charge in [0.05, 0.1) is 22.4 Å². The molecule has 62 heavy (non-hydrogen) atoms. The zero-order chi connectivity index (χ0) is 41.2. The molecule has 2 nitrogen and oxygen atoms in total. The molecule has 0 atom stereocenters. The molecule has 0 N–H and O–H groups in total. The molecule has 0 amide bonds. The molecule has 0 aliphatic carbocycles. The summed E-state index contributed by atoms with van der Waals surface area (Å²) < 4.78 is 2.46. The number of para-hydroxylation sites is 3. The third kappa shape index (κ3) is 6.74. The zero-order valence-electron chi connectivity index (χ0n) is 34.1. The van der Waals surface area contributed by atoms with Crippen molar-refractivity contribution in [3.8, 4) is 61.3 Å². The van der Waals surface area contributed by atoms with E-state index in [-0.39, 0.29) is 0 Å². The average molecular weight is 791 g/mol. The van der Waals surface area contributed by atoms with Crippen molar-refractivity contribution in [2.75, 3.05) is 4.90 Å². The molecule has 0 aliphatic rings. The number of anilines is 3. The fraction of sp³-hybridized carbons (Fsp3) is 0. The summed E-state index contributed by atoms with van der Waals surface area (Å²) in [6, 6.07) is 92.1. The SMILES string of the molecule is c1ccc(-c2ccc(-c3ccccc3-n3c4ccccc4c4ccc(N(c5ccc(-c6ccccc6)cc5)c5ccccc5-c5ccccc5-c5ccccc5)cc43)cc2)cc1. The Morgan fingerprint density at radius 2 is 0.694 bits per heavy atom. The van der Waals surface area contributed by atoms with Crippen LogP contribution >= 0.6 is 0 Å². The lowest BCUT2D eigenvalue weighted by molar-refractivity contribution is 1.18. The smallest absolute Gasteiger partial charge is 0.0562 e. The second kappa shape index (κ2) is 16.1. The molecule has 292 valence electrons. The molecule has 0 unspecified atom stereocenters. The van der Waals surface area contributed by atoms with E-state index < -0.39 is 0 Å². The topological polar surface area (TPSA) is 8.17 Å². The first-order valence-electron chi connectivity index (χ1n) is 21.3. The van der Waals surface area contributed by atoms with Crippen LogP contribution in [0.4, 0.5) is 17.1 Å². The first-order chi connectivity index (χ1) is 30.8. The highest BCUT2D eigenvalue weighted by molar-refractivity contribution is 6.11. The van der Waals surface area contributed by atoms with Gasteiger partial charge in [-0.05, 0) is 87.0 Å². The van der Waals surface area contributed by atoms with E-state index in [4.69, 9.17) is 0 Å². The molecule has 0 bridgehead atoms. The minimum atomic E-state index is 1.07. The molecule has 0 aliphatic heterocycles. The predicted molar refractivity (Wildman–Crippen MR) is 263 cm³/mol. The van der Waals surface area contributed by atoms with E-state index in [0.717, 1.165) is 33.8 Å². The van der Waals surface area contributed by atoms with Crippen LogP contribution in [0.25, 0.3) is 83.1 Å². The summed E-state index contributed by atoms with van der Waals surface area (Å²) >= 11 is 0. The van der Waals surface area contributed by atoms with Crippen LogP contribution in [0.15, 0.2) is 255 Å². The van der Waals surface area contributed by atoms with Crippen LogP contribution in [0.1, 0.15) is 0 Å². The summed E-state index contributed by atoms with van der Waals surface area (Å²) in [5.74, 6) is 0. The zero-order valence-corrected chi connectivity index (χ0v) is 34.1. The molecule has 1 heterocycles. The van der Waals surface area contributed by atoms with Gasteiger partial charge in [0.1, 0.15) is 0 Å². The maximum absolute atomic E-state index is 2.46. The van der Waals surface area contributed by atoms with Crippen LogP contribution in [0.5, 0.6) is 0 Å². The molecular formula is C60H42N2. The summed E-state index contributed by atoms with van der Waals surface area (Å²) in [5, 5.41) is 2.43. The van der Waals surface area contributed by atoms with Crippen molar-refractivity contribution in [3.63, 3.8) is 0 Å². The standard InChI is InChI=1S/C60H42N2/c1-4-18-43(19-5-1)45-32-34-48(35-33-45)52-25-12-15-29-57(52)62-59-31-17-14-28-55(59)56-41-40-50(42-60(56)62)61(49-38-36-46(37-39-49)44-20-6-2-7-21-44)58-30-16-13-27-54(58)53-26-11-10-24-51(53)47-22-8-3-9-23-47/h1-42H. The van der Waals surface area contributed by atoms with Crippen LogP contribution in [0, 0.1) is 0 Å². The van der Waals surface area contributed by atoms with Crippen molar-refractivity contribution in [2.45, 2.75) is 0 Å². The van der Waals surface area contributed by atoms with E-state index in [9.17, 15) is 0 Å². The Morgan fingerprint density at radius 1 is 0.258 bits per heavy atom. The van der Waals surface area contributed by atoms with E-state index in [1.807, 2.05) is 0 Å². The number of hydrogen-bond acceptors (Lipinski definition) is 1. The van der Waals surface area contributed by atoms with Crippen molar-refractivity contribution in [1.29, 1.82) is 0 Å². The fourth-order valence-electron chi connectivity index (χ4n) is 9.09. The van der Waals surface area contributed by atoms with Gasteiger partial charge in [0.15, 0.2) is 0 Å². The molecule has 0 fully saturated rings. The molecule has 11 aromatic rings. The Labute approximate surface area is 362 Å². The Balaban J connectivity index is 1.12. The minimum absolute atomic E-state index is 1.07. The molecule has 0 saturated heterocycles. The Bertz CT molecular complexity index is 3310. The minimum Gasteiger partial charge on any atom is -0.310 e. The van der Waals surface area contributed by atoms with Crippen molar-refractivity contribution in [3.05, 3.63) is 255 Å². The van der Waals surface area contributed by atoms with Gasteiger partial charge in [0.2, 0.25) is 0 Å². The highest BCUT2D eigenvalue weighted by Crippen LogP contribution is 2.46. The lowest BCUT2D eigenvalue weighted by Crippen LogP contribution is -2.11. The normalized spacial score (nSPS) is 11.2. The van der Waals surface area contributed by atoms with Crippen molar-refractivity contribution < 1.29 is 0 Å². The van der Waals surface area contributed by atoms with Crippen LogP contribution in [-0.4, -0.2) is 4.57 Å². The highest BCUT2D eigenvalue weighted by atomic mass is 15.1. The van der Waals surface area contributed by atoms with Gasteiger partial charge < -0.3 is 9.47 Å². The Kier molecular flexibility index (Phi) is 9.57. The molecule has 0 spiro atoms. The van der Waals surface area contributed by atoms with E-state index in [2.05, 4.69) is 264 Å². The fourth-order valence-corrected chi connectivity index (χ4v) is 9.09. The molecule has 2 heteroatoms. The number of benzene rings is 10. The van der Waals surface area contributed by atoms with E-state index >= 15 is 0 Å². The van der Waals surface area contributed by atoms with E-state index in [0.29, 0.717) is 0 Å². The Morgan fingerprint density at radius 3 is 1.37 bits per heavy atom. The first kappa shape index (κ1) is 36.8. The maximum atomic E-state index is 2.46. The second-order valence-electron chi connectivity index (χ2n) is 15.7. The average Bonchev–Trinajstić information content (AvgIpc) is 3.69. The Hall–Kier alpha value is -8.20. The summed E-state index contributed by atoms with van der Waals surface area (Å²) in [4.78, 5) is 2.43. The van der Waals surface area contributed by atoms with Gasteiger partial charge in [-0.1, -0.05) is 212 Å². The van der Waals surface area contributed by atoms with Crippen LogP contribution in [0.3, 0.4) is 0 Å². The first-order valence-corrected chi connectivity index (χ1v) is 21.3. The second-order valence-corrected chi connectivity index (χ2v) is 15.7. The number of fused-ring (bicyclic) bond motifs is 3. The van der Waals surface area contributed by atoms with Crippen molar-refractivity contribution in [1.82, 2.24) is 4.57 Å². The van der Waals surface area contributed by atoms with Gasteiger partial charge >= 0.3 is 0 Å².